The number of hydrogen-bond donors (Lipinski definition) is 5. The third-order valence-electron chi connectivity index (χ3n) is 17.6. The average Bonchev–Trinajstić information content (AvgIpc) is 1.49. The normalized spacial score (nSPS) is 13.7. The van der Waals surface area contributed by atoms with E-state index in [1.807, 2.05) is 81.4 Å². The molecular weight excluding hydrogens is 1630 g/mol. The summed E-state index contributed by atoms with van der Waals surface area (Å²) in [6.07, 6.45) is 22.8. The van der Waals surface area contributed by atoms with Gasteiger partial charge in [0.15, 0.2) is 0 Å². The molecule has 27 heteroatoms. The zero-order valence-electron chi connectivity index (χ0n) is 76.9. The number of Topliss-reactive ketones (excluding diaryl/α,β-unsaturated/α-hetero) is 1. The number of ether oxygens (including phenoxy) is 3. The van der Waals surface area contributed by atoms with Crippen molar-refractivity contribution < 1.29 is 81.3 Å². The van der Waals surface area contributed by atoms with Crippen molar-refractivity contribution in [1.82, 2.24) is 51.1 Å². The van der Waals surface area contributed by atoms with Crippen LogP contribution >= 0.6 is 0 Å². The molecule has 0 bridgehead atoms. The summed E-state index contributed by atoms with van der Waals surface area (Å²) in [5, 5.41) is 14.8. The summed E-state index contributed by atoms with van der Waals surface area (Å²) < 4.78 is 16.1. The lowest BCUT2D eigenvalue weighted by Crippen LogP contribution is -2.42. The van der Waals surface area contributed by atoms with Gasteiger partial charge in [0.2, 0.25) is 17.7 Å². The van der Waals surface area contributed by atoms with Crippen LogP contribution in [0.1, 0.15) is 160 Å². The van der Waals surface area contributed by atoms with Crippen LogP contribution in [0, 0.1) is 135 Å². The maximum atomic E-state index is 12.7. The van der Waals surface area contributed by atoms with E-state index >= 15 is 0 Å². The third kappa shape index (κ3) is 53.8. The van der Waals surface area contributed by atoms with Gasteiger partial charge in [-0.3, -0.25) is 91.6 Å². The van der Waals surface area contributed by atoms with Gasteiger partial charge >= 0.3 is 0 Å². The molecule has 0 aromatic heterocycles. The number of carbonyl (C=O) groups is 14. The van der Waals surface area contributed by atoms with Gasteiger partial charge in [0.25, 0.3) is 59.1 Å². The van der Waals surface area contributed by atoms with Gasteiger partial charge < -0.3 is 40.8 Å². The van der Waals surface area contributed by atoms with Crippen LogP contribution in [-0.4, -0.2) is 223 Å². The summed E-state index contributed by atoms with van der Waals surface area (Å²) in [6.45, 7) is 39.0. The first-order valence-electron chi connectivity index (χ1n) is 42.1. The Bertz CT molecular complexity index is 4810. The van der Waals surface area contributed by atoms with Crippen LogP contribution in [0.5, 0.6) is 0 Å². The molecule has 5 heterocycles. The van der Waals surface area contributed by atoms with Crippen LogP contribution in [0.15, 0.2) is 121 Å². The summed E-state index contributed by atoms with van der Waals surface area (Å²) in [4.78, 5) is 169. The first-order valence-corrected chi connectivity index (χ1v) is 42.1. The van der Waals surface area contributed by atoms with E-state index in [2.05, 4.69) is 210 Å². The number of imide groups is 5. The fraction of sp³-hybridized carbons (Fsp3) is 0.465. The maximum Gasteiger partial charge on any atom is 0.253 e. The summed E-state index contributed by atoms with van der Waals surface area (Å²) in [5.74, 6) is 37.8. The zero-order chi connectivity index (χ0) is 95.6. The van der Waals surface area contributed by atoms with Crippen molar-refractivity contribution >= 4 is 82.6 Å². The molecule has 0 spiro atoms. The molecule has 2 aromatic carbocycles. The largest absolute Gasteiger partial charge is 0.380 e. The summed E-state index contributed by atoms with van der Waals surface area (Å²) in [7, 11) is 0. The van der Waals surface area contributed by atoms with Gasteiger partial charge in [0, 0.05) is 149 Å². The SMILES string of the molecule is C#CC#CC#CC#CC#CC#CC#CC#CC#CC.CC(C)(C)CCC(=O)NCCN1C(=O)C=CC1=O.CC(C)(C)CCCOCCN1C(=O)C=CC1=O.CC(C)(C)C[C@@H](Cc1ccccc1)C(=O)NCCN1C(=O)C=CC1=O.CC(C)(C)NCC(=O)C[C@@H](Cc1ccccc1)C(=O)NCCN1C(=O)C=CC1=O.CC(C)(C)NCCOCCOCCN1C(=O)C=CC1=O. The predicted molar refractivity (Wildman–Crippen MR) is 491 cm³/mol. The van der Waals surface area contributed by atoms with Crippen LogP contribution in [0.4, 0.5) is 0 Å². The van der Waals surface area contributed by atoms with Gasteiger partial charge in [-0.2, -0.15) is 0 Å². The second-order valence-electron chi connectivity index (χ2n) is 34.6. The first-order chi connectivity index (χ1) is 60.4. The molecule has 5 aliphatic rings. The Hall–Kier alpha value is -13.2. The quantitative estimate of drug-likeness (QED) is 0.0254. The van der Waals surface area contributed by atoms with Crippen molar-refractivity contribution in [2.24, 2.45) is 28.1 Å². The molecule has 5 aliphatic heterocycles. The molecule has 680 valence electrons. The van der Waals surface area contributed by atoms with Crippen LogP contribution < -0.4 is 26.6 Å². The summed E-state index contributed by atoms with van der Waals surface area (Å²) >= 11 is 0. The lowest BCUT2D eigenvalue weighted by molar-refractivity contribution is -0.139. The Morgan fingerprint density at radius 1 is 0.359 bits per heavy atom. The highest BCUT2D eigenvalue weighted by atomic mass is 16.5. The number of rotatable bonds is 37. The number of carbonyl (C=O) groups excluding carboxylic acids is 14. The molecule has 0 saturated carbocycles. The van der Waals surface area contributed by atoms with Crippen molar-refractivity contribution in [3.05, 3.63) is 133 Å². The second-order valence-corrected chi connectivity index (χ2v) is 34.6. The third-order valence-corrected chi connectivity index (χ3v) is 17.6. The summed E-state index contributed by atoms with van der Waals surface area (Å²) in [6, 6.07) is 19.5. The van der Waals surface area contributed by atoms with Crippen LogP contribution in [0.2, 0.25) is 0 Å². The van der Waals surface area contributed by atoms with Gasteiger partial charge in [-0.15, -0.1) is 6.42 Å². The standard InChI is InChI=1S/C22H29N3O4.C20H26N2O3.C19H4.C14H24N2O4.C13H20N2O3.C13H21NO3/c1-22(2,3)24-15-18(26)14-17(13-16-7-5-4-6-8-16)21(29)23-11-12-25-19(27)9-10-20(25)28;1-20(2,3)14-16(13-15-7-5-4-6-8-15)19(25)21-11-12-22-17(23)9-10-18(22)24;1-3-5-7-9-11-13-15-17-19-18-16-14-12-10-8-6-4-2;1-14(2,3)15-6-8-19-10-11-20-9-7-16-12(17)4-5-13(16)18;1-13(2,3)7-6-10(16)14-8-9-15-11(17)4-5-12(15)18;1-13(2,3)7-4-9-17-10-8-14-11(15)5-6-12(14)16/h4-10,17,24H,11-15H2,1-3H3,(H,23,29);4-10,16H,11-14H2,1-3H3,(H,21,25);1H,2H3;4-5,15H,6-11H2,1-3H3;4-5H,6-9H2,1-3H3,(H,14,16);5-6H,4,7-10H2,1-3H3/t17-;16-;;;;/m11..../s1. The highest BCUT2D eigenvalue weighted by Crippen LogP contribution is 2.28. The lowest BCUT2D eigenvalue weighted by atomic mass is 9.81. The minimum atomic E-state index is -0.519. The van der Waals surface area contributed by atoms with E-state index in [0.29, 0.717) is 77.4 Å². The number of nitrogens with zero attached hydrogens (tertiary/aromatic N) is 5. The molecule has 27 nitrogen and oxygen atoms in total. The molecule has 7 rings (SSSR count). The van der Waals surface area contributed by atoms with Crippen molar-refractivity contribution in [1.29, 1.82) is 0 Å². The minimum Gasteiger partial charge on any atom is -0.380 e. The van der Waals surface area contributed by atoms with E-state index in [1.54, 1.807) is 6.92 Å². The number of hydrogen-bond acceptors (Lipinski definition) is 19. The minimum absolute atomic E-state index is 0.0294. The Kier molecular flexibility index (Phi) is 52.3. The van der Waals surface area contributed by atoms with E-state index in [-0.39, 0.29) is 163 Å². The molecule has 0 radical (unpaired) electrons. The molecule has 2 atom stereocenters. The fourth-order valence-electron chi connectivity index (χ4n) is 11.2. The van der Waals surface area contributed by atoms with E-state index in [1.165, 1.54) is 65.7 Å². The molecule has 0 saturated heterocycles. The van der Waals surface area contributed by atoms with Crippen LogP contribution in [0.3, 0.4) is 0 Å². The van der Waals surface area contributed by atoms with Gasteiger partial charge in [-0.25, -0.2) is 0 Å². The van der Waals surface area contributed by atoms with Crippen LogP contribution in [0.25, 0.3) is 0 Å². The molecule has 0 fully saturated rings. The first kappa shape index (κ1) is 111. The Morgan fingerprint density at radius 2 is 0.680 bits per heavy atom. The van der Waals surface area contributed by atoms with E-state index in [9.17, 15) is 67.1 Å². The molecule has 128 heavy (non-hydrogen) atoms. The topological polar surface area (TPSA) is 343 Å². The zero-order valence-corrected chi connectivity index (χ0v) is 76.9. The van der Waals surface area contributed by atoms with E-state index < -0.39 is 5.92 Å². The van der Waals surface area contributed by atoms with Gasteiger partial charge in [0.05, 0.1) is 52.7 Å². The Labute approximate surface area is 757 Å². The fourth-order valence-corrected chi connectivity index (χ4v) is 11.2. The van der Waals surface area contributed by atoms with Crippen LogP contribution in [-0.2, 0) is 94.2 Å². The maximum absolute atomic E-state index is 12.7. The average molecular weight is 1750 g/mol. The highest BCUT2D eigenvalue weighted by molar-refractivity contribution is 6.15. The van der Waals surface area contributed by atoms with E-state index in [4.69, 9.17) is 20.6 Å². The molecule has 0 aliphatic carbocycles. The van der Waals surface area contributed by atoms with Crippen molar-refractivity contribution in [3.63, 3.8) is 0 Å². The van der Waals surface area contributed by atoms with Gasteiger partial charge in [-0.1, -0.05) is 129 Å². The molecule has 13 amide bonds. The Morgan fingerprint density at radius 3 is 1.02 bits per heavy atom. The number of terminal acetylenes is 1. The van der Waals surface area contributed by atoms with Gasteiger partial charge in [-0.05, 0) is 209 Å². The van der Waals surface area contributed by atoms with E-state index in [0.717, 1.165) is 63.0 Å². The van der Waals surface area contributed by atoms with Crippen molar-refractivity contribution in [2.45, 2.75) is 173 Å². The molecule has 2 aromatic rings. The highest BCUT2D eigenvalue weighted by Gasteiger charge is 2.31. The lowest BCUT2D eigenvalue weighted by Gasteiger charge is -2.26. The summed E-state index contributed by atoms with van der Waals surface area (Å²) in [5.41, 5.74) is 2.50. The second kappa shape index (κ2) is 60.4. The smallest absolute Gasteiger partial charge is 0.253 e. The molecule has 5 N–H and O–H groups in total. The number of nitrogens with one attached hydrogen (secondary N) is 5. The Balaban J connectivity index is 0.000000526. The molecule has 0 unspecified atom stereocenters. The van der Waals surface area contributed by atoms with Crippen molar-refractivity contribution in [3.8, 4) is 107 Å². The molecular formula is C101H124N10O17. The monoisotopic (exact) mass is 1750 g/mol. The van der Waals surface area contributed by atoms with Gasteiger partial charge in [0.1, 0.15) is 5.78 Å². The van der Waals surface area contributed by atoms with Crippen molar-refractivity contribution in [2.75, 3.05) is 105 Å². The number of benzene rings is 2. The number of ketones is 1. The predicted octanol–water partition coefficient (Wildman–Crippen LogP) is 7.16. The number of amides is 13.